The molecular formula is C24H29N5O. The number of para-hydroxylation sites is 1. The van der Waals surface area contributed by atoms with Crippen molar-refractivity contribution in [1.82, 2.24) is 14.8 Å². The maximum Gasteiger partial charge on any atom is 0.261 e. The predicted molar refractivity (Wildman–Crippen MR) is 120 cm³/mol. The third-order valence-electron chi connectivity index (χ3n) is 6.70. The van der Waals surface area contributed by atoms with Gasteiger partial charge in [0.1, 0.15) is 11.4 Å². The Labute approximate surface area is 177 Å². The van der Waals surface area contributed by atoms with Crippen molar-refractivity contribution in [1.29, 1.82) is 0 Å². The lowest BCUT2D eigenvalue weighted by Gasteiger charge is -2.42. The molecule has 1 aliphatic heterocycles. The van der Waals surface area contributed by atoms with Crippen LogP contribution in [0.25, 0.3) is 10.9 Å². The van der Waals surface area contributed by atoms with E-state index in [1.54, 1.807) is 12.4 Å². The summed E-state index contributed by atoms with van der Waals surface area (Å²) in [6.45, 7) is 4.43. The second-order valence-corrected chi connectivity index (χ2v) is 9.35. The average Bonchev–Trinajstić information content (AvgIpc) is 3.19. The molecule has 156 valence electrons. The number of hydrogen-bond donors (Lipinski definition) is 2. The number of fused-ring (bicyclic) bond motifs is 2. The van der Waals surface area contributed by atoms with Crippen LogP contribution in [-0.2, 0) is 5.54 Å². The zero-order valence-corrected chi connectivity index (χ0v) is 17.7. The van der Waals surface area contributed by atoms with Crippen molar-refractivity contribution >= 4 is 28.3 Å². The first-order valence-corrected chi connectivity index (χ1v) is 11.0. The Kier molecular flexibility index (Phi) is 4.72. The average molecular weight is 404 g/mol. The van der Waals surface area contributed by atoms with Gasteiger partial charge in [-0.05, 0) is 51.2 Å². The van der Waals surface area contributed by atoms with E-state index in [0.717, 1.165) is 23.1 Å². The number of carbonyl (C=O) groups excluding carboxylic acids is 1. The maximum atomic E-state index is 13.1. The van der Waals surface area contributed by atoms with E-state index in [1.165, 1.54) is 32.1 Å². The van der Waals surface area contributed by atoms with E-state index in [0.29, 0.717) is 23.2 Å². The van der Waals surface area contributed by atoms with Crippen molar-refractivity contribution < 1.29 is 4.79 Å². The van der Waals surface area contributed by atoms with E-state index >= 15 is 0 Å². The number of nitrogens with one attached hydrogen (secondary N) is 2. The van der Waals surface area contributed by atoms with Crippen molar-refractivity contribution in [3.8, 4) is 0 Å². The normalized spacial score (nSPS) is 21.1. The van der Waals surface area contributed by atoms with Crippen LogP contribution in [0.15, 0.2) is 42.7 Å². The van der Waals surface area contributed by atoms with Gasteiger partial charge in [-0.1, -0.05) is 37.5 Å². The van der Waals surface area contributed by atoms with Crippen LogP contribution < -0.4 is 10.6 Å². The van der Waals surface area contributed by atoms with E-state index in [4.69, 9.17) is 0 Å². The molecule has 2 N–H and O–H groups in total. The smallest absolute Gasteiger partial charge is 0.261 e. The molecule has 1 saturated carbocycles. The molecule has 0 saturated heterocycles. The molecule has 5 rings (SSSR count). The molecule has 1 amide bonds. The van der Waals surface area contributed by atoms with Gasteiger partial charge in [-0.15, -0.1) is 0 Å². The Balaban J connectivity index is 1.41. The molecule has 2 aromatic heterocycles. The highest BCUT2D eigenvalue weighted by Crippen LogP contribution is 2.39. The predicted octanol–water partition coefficient (Wildman–Crippen LogP) is 5.18. The van der Waals surface area contributed by atoms with Crippen LogP contribution in [0.3, 0.4) is 0 Å². The fourth-order valence-corrected chi connectivity index (χ4v) is 5.12. The number of carbonyl (C=O) groups is 1. The van der Waals surface area contributed by atoms with Crippen molar-refractivity contribution in [3.05, 3.63) is 48.3 Å². The van der Waals surface area contributed by atoms with Crippen LogP contribution in [0, 0.1) is 5.92 Å². The SMILES string of the molecule is CC1(C)CC(C2CCCCC2)Nc2c(C(=O)Nc3cnc4ccccc4c3)cnn21. The molecule has 0 spiro atoms. The van der Waals surface area contributed by atoms with Crippen molar-refractivity contribution in [3.63, 3.8) is 0 Å². The van der Waals surface area contributed by atoms with Gasteiger partial charge in [-0.3, -0.25) is 9.78 Å². The van der Waals surface area contributed by atoms with Gasteiger partial charge in [0, 0.05) is 11.4 Å². The van der Waals surface area contributed by atoms with Gasteiger partial charge in [0.15, 0.2) is 0 Å². The molecule has 1 unspecified atom stereocenters. The molecule has 0 radical (unpaired) electrons. The summed E-state index contributed by atoms with van der Waals surface area (Å²) >= 11 is 0. The van der Waals surface area contributed by atoms with Crippen molar-refractivity contribution in [2.24, 2.45) is 5.92 Å². The number of pyridine rings is 1. The summed E-state index contributed by atoms with van der Waals surface area (Å²) in [4.78, 5) is 17.6. The summed E-state index contributed by atoms with van der Waals surface area (Å²) in [5, 5.41) is 12.3. The van der Waals surface area contributed by atoms with Crippen LogP contribution in [0.2, 0.25) is 0 Å². The number of benzene rings is 1. The van der Waals surface area contributed by atoms with Crippen LogP contribution in [0.5, 0.6) is 0 Å². The number of rotatable bonds is 3. The molecule has 30 heavy (non-hydrogen) atoms. The molecule has 1 atom stereocenters. The van der Waals surface area contributed by atoms with Gasteiger partial charge in [-0.2, -0.15) is 5.10 Å². The maximum absolute atomic E-state index is 13.1. The Bertz CT molecular complexity index is 1080. The summed E-state index contributed by atoms with van der Waals surface area (Å²) in [7, 11) is 0. The summed E-state index contributed by atoms with van der Waals surface area (Å²) in [5.41, 5.74) is 2.08. The third-order valence-corrected chi connectivity index (χ3v) is 6.70. The highest BCUT2D eigenvalue weighted by atomic mass is 16.1. The summed E-state index contributed by atoms with van der Waals surface area (Å²) < 4.78 is 1.99. The summed E-state index contributed by atoms with van der Waals surface area (Å²) in [6.07, 6.45) is 10.9. The molecule has 6 nitrogen and oxygen atoms in total. The minimum absolute atomic E-state index is 0.119. The van der Waals surface area contributed by atoms with Gasteiger partial charge < -0.3 is 10.6 Å². The van der Waals surface area contributed by atoms with Gasteiger partial charge in [0.05, 0.1) is 29.1 Å². The van der Waals surface area contributed by atoms with E-state index in [-0.39, 0.29) is 11.4 Å². The summed E-state index contributed by atoms with van der Waals surface area (Å²) in [5.74, 6) is 1.36. The van der Waals surface area contributed by atoms with E-state index < -0.39 is 0 Å². The van der Waals surface area contributed by atoms with E-state index in [1.807, 2.05) is 35.0 Å². The van der Waals surface area contributed by atoms with E-state index in [2.05, 4.69) is 34.6 Å². The Morgan fingerprint density at radius 2 is 1.97 bits per heavy atom. The number of hydrogen-bond acceptors (Lipinski definition) is 4. The van der Waals surface area contributed by atoms with Crippen LogP contribution in [0.1, 0.15) is 62.7 Å². The standard InChI is InChI=1S/C24H29N5O/c1-24(2)13-21(16-8-4-3-5-9-16)28-22-19(15-26-29(22)24)23(30)27-18-12-17-10-6-7-11-20(17)25-14-18/h6-7,10-12,14-16,21,28H,3-5,8-9,13H2,1-2H3,(H,27,30). The minimum Gasteiger partial charge on any atom is -0.366 e. The molecule has 1 aromatic carbocycles. The molecule has 6 heteroatoms. The molecule has 1 fully saturated rings. The Morgan fingerprint density at radius 3 is 2.80 bits per heavy atom. The first kappa shape index (κ1) is 19.1. The van der Waals surface area contributed by atoms with Crippen molar-refractivity contribution in [2.45, 2.75) is 64.0 Å². The Morgan fingerprint density at radius 1 is 1.17 bits per heavy atom. The highest BCUT2D eigenvalue weighted by Gasteiger charge is 2.39. The highest BCUT2D eigenvalue weighted by molar-refractivity contribution is 6.08. The Hall–Kier alpha value is -2.89. The van der Waals surface area contributed by atoms with Crippen LogP contribution in [0.4, 0.5) is 11.5 Å². The lowest BCUT2D eigenvalue weighted by Crippen LogP contribution is -2.45. The molecule has 3 heterocycles. The zero-order chi connectivity index (χ0) is 20.7. The van der Waals surface area contributed by atoms with Crippen LogP contribution in [-0.4, -0.2) is 26.7 Å². The van der Waals surface area contributed by atoms with Gasteiger partial charge in [0.2, 0.25) is 0 Å². The number of amides is 1. The topological polar surface area (TPSA) is 71.8 Å². The lowest BCUT2D eigenvalue weighted by atomic mass is 9.78. The monoisotopic (exact) mass is 403 g/mol. The quantitative estimate of drug-likeness (QED) is 0.632. The fourth-order valence-electron chi connectivity index (χ4n) is 5.12. The number of nitrogens with zero attached hydrogens (tertiary/aromatic N) is 3. The second kappa shape index (κ2) is 7.42. The molecule has 2 aliphatic rings. The van der Waals surface area contributed by atoms with E-state index in [9.17, 15) is 4.79 Å². The number of aromatic nitrogens is 3. The zero-order valence-electron chi connectivity index (χ0n) is 17.7. The largest absolute Gasteiger partial charge is 0.366 e. The molecular weight excluding hydrogens is 374 g/mol. The van der Waals surface area contributed by atoms with Crippen molar-refractivity contribution in [2.75, 3.05) is 10.6 Å². The van der Waals surface area contributed by atoms with Gasteiger partial charge in [-0.25, -0.2) is 4.68 Å². The summed E-state index contributed by atoms with van der Waals surface area (Å²) in [6, 6.07) is 10.2. The van der Waals surface area contributed by atoms with Crippen LogP contribution >= 0.6 is 0 Å². The third kappa shape index (κ3) is 3.44. The molecule has 3 aromatic rings. The van der Waals surface area contributed by atoms with Gasteiger partial charge >= 0.3 is 0 Å². The lowest BCUT2D eigenvalue weighted by molar-refractivity contribution is 0.102. The second-order valence-electron chi connectivity index (χ2n) is 9.35. The molecule has 0 bridgehead atoms. The fraction of sp³-hybridized carbons (Fsp3) is 0.458. The minimum atomic E-state index is -0.152. The van der Waals surface area contributed by atoms with Gasteiger partial charge in [0.25, 0.3) is 5.91 Å². The first-order valence-electron chi connectivity index (χ1n) is 11.0. The number of anilines is 2. The molecule has 1 aliphatic carbocycles. The first-order chi connectivity index (χ1) is 14.5.